The van der Waals surface area contributed by atoms with E-state index in [4.69, 9.17) is 0 Å². The van der Waals surface area contributed by atoms with Crippen molar-refractivity contribution in [2.24, 2.45) is 0 Å². The van der Waals surface area contributed by atoms with Crippen LogP contribution in [-0.2, 0) is 26.2 Å². The summed E-state index contributed by atoms with van der Waals surface area (Å²) >= 11 is 0. The topological polar surface area (TPSA) is 86.8 Å². The Kier molecular flexibility index (Phi) is 8.83. The minimum atomic E-state index is -3.72. The number of carbonyl (C=O) groups is 2. The molecule has 32 heavy (non-hydrogen) atoms. The van der Waals surface area contributed by atoms with Gasteiger partial charge in [0.1, 0.15) is 12.6 Å². The minimum Gasteiger partial charge on any atom is -0.355 e. The Morgan fingerprint density at radius 2 is 1.62 bits per heavy atom. The highest BCUT2D eigenvalue weighted by molar-refractivity contribution is 7.92. The molecule has 0 saturated heterocycles. The highest BCUT2D eigenvalue weighted by atomic mass is 32.2. The van der Waals surface area contributed by atoms with Crippen LogP contribution in [0.5, 0.6) is 0 Å². The molecule has 0 saturated carbocycles. The van der Waals surface area contributed by atoms with Gasteiger partial charge >= 0.3 is 0 Å². The third-order valence-electron chi connectivity index (χ3n) is 5.14. The zero-order valence-electron chi connectivity index (χ0n) is 19.5. The number of anilines is 1. The van der Waals surface area contributed by atoms with Crippen LogP contribution in [0.15, 0.2) is 48.5 Å². The zero-order valence-corrected chi connectivity index (χ0v) is 20.3. The molecule has 1 N–H and O–H groups in total. The number of nitrogens with one attached hydrogen (secondary N) is 1. The van der Waals surface area contributed by atoms with E-state index in [1.807, 2.05) is 58.0 Å². The highest BCUT2D eigenvalue weighted by Gasteiger charge is 2.31. The lowest BCUT2D eigenvalue weighted by Gasteiger charge is -2.33. The van der Waals surface area contributed by atoms with Crippen LogP contribution in [0.2, 0.25) is 0 Å². The number of rotatable bonds is 10. The molecule has 2 rings (SSSR count). The Morgan fingerprint density at radius 3 is 2.16 bits per heavy atom. The normalized spacial score (nSPS) is 12.2. The van der Waals surface area contributed by atoms with Gasteiger partial charge in [-0.15, -0.1) is 0 Å². The van der Waals surface area contributed by atoms with E-state index in [9.17, 15) is 18.0 Å². The number of hydrogen-bond acceptors (Lipinski definition) is 4. The van der Waals surface area contributed by atoms with Crippen molar-refractivity contribution in [2.75, 3.05) is 23.7 Å². The Morgan fingerprint density at radius 1 is 1.00 bits per heavy atom. The van der Waals surface area contributed by atoms with Crippen LogP contribution >= 0.6 is 0 Å². The van der Waals surface area contributed by atoms with Gasteiger partial charge in [0, 0.05) is 13.1 Å². The largest absolute Gasteiger partial charge is 0.355 e. The fourth-order valence-corrected chi connectivity index (χ4v) is 4.46. The molecule has 0 unspecified atom stereocenters. The SMILES string of the molecule is CCNC(=O)[C@H](CC)N(Cc1cccc(C)c1)C(=O)CN(c1cccc(C)c1)S(C)(=O)=O. The smallest absolute Gasteiger partial charge is 0.244 e. The van der Waals surface area contributed by atoms with Crippen LogP contribution in [0, 0.1) is 13.8 Å². The first kappa shape index (κ1) is 25.4. The minimum absolute atomic E-state index is 0.210. The maximum atomic E-state index is 13.5. The summed E-state index contributed by atoms with van der Waals surface area (Å²) in [5.41, 5.74) is 3.22. The Hall–Kier alpha value is -2.87. The summed E-state index contributed by atoms with van der Waals surface area (Å²) in [6, 6.07) is 14.0. The molecule has 0 aliphatic carbocycles. The van der Waals surface area contributed by atoms with Gasteiger partial charge in [-0.2, -0.15) is 0 Å². The Balaban J connectivity index is 2.43. The maximum absolute atomic E-state index is 13.5. The average molecular weight is 460 g/mol. The van der Waals surface area contributed by atoms with Gasteiger partial charge in [0.05, 0.1) is 11.9 Å². The van der Waals surface area contributed by atoms with E-state index in [1.165, 1.54) is 4.90 Å². The van der Waals surface area contributed by atoms with Crippen molar-refractivity contribution in [2.45, 2.75) is 46.7 Å². The molecule has 2 aromatic carbocycles. The molecule has 0 fully saturated rings. The first-order valence-electron chi connectivity index (χ1n) is 10.7. The molecule has 7 nitrogen and oxygen atoms in total. The number of carbonyl (C=O) groups excluding carboxylic acids is 2. The van der Waals surface area contributed by atoms with Gasteiger partial charge in [0.15, 0.2) is 0 Å². The molecule has 0 radical (unpaired) electrons. The van der Waals surface area contributed by atoms with E-state index < -0.39 is 22.0 Å². The van der Waals surface area contributed by atoms with Crippen LogP contribution in [-0.4, -0.2) is 50.5 Å². The zero-order chi connectivity index (χ0) is 23.9. The van der Waals surface area contributed by atoms with Crippen LogP contribution in [0.25, 0.3) is 0 Å². The number of amides is 2. The van der Waals surface area contributed by atoms with Crippen molar-refractivity contribution in [3.8, 4) is 0 Å². The molecule has 0 spiro atoms. The third kappa shape index (κ3) is 6.82. The molecule has 0 heterocycles. The summed E-state index contributed by atoms with van der Waals surface area (Å²) in [5, 5.41) is 2.79. The molecular formula is C24H33N3O4S. The second-order valence-corrected chi connectivity index (χ2v) is 9.84. The van der Waals surface area contributed by atoms with Crippen LogP contribution in [0.3, 0.4) is 0 Å². The molecule has 0 aromatic heterocycles. The number of benzene rings is 2. The summed E-state index contributed by atoms with van der Waals surface area (Å²) in [4.78, 5) is 27.7. The second kappa shape index (κ2) is 11.1. The van der Waals surface area contributed by atoms with Crippen molar-refractivity contribution < 1.29 is 18.0 Å². The fourth-order valence-electron chi connectivity index (χ4n) is 3.62. The Labute approximate surface area is 191 Å². The fraction of sp³-hybridized carbons (Fsp3) is 0.417. The first-order chi connectivity index (χ1) is 15.1. The monoisotopic (exact) mass is 459 g/mol. The van der Waals surface area contributed by atoms with Gasteiger partial charge in [-0.1, -0.05) is 48.9 Å². The van der Waals surface area contributed by atoms with Gasteiger partial charge in [-0.25, -0.2) is 8.42 Å². The van der Waals surface area contributed by atoms with E-state index in [0.29, 0.717) is 18.7 Å². The van der Waals surface area contributed by atoms with Gasteiger partial charge < -0.3 is 10.2 Å². The standard InChI is InChI=1S/C24H33N3O4S/c1-6-22(24(29)25-7-2)26(16-20-12-8-10-18(3)14-20)23(28)17-27(32(5,30)31)21-13-9-11-19(4)15-21/h8-15,22H,6-7,16-17H2,1-5H3,(H,25,29)/t22-/m0/s1. The van der Waals surface area contributed by atoms with Crippen LogP contribution in [0.1, 0.15) is 37.0 Å². The third-order valence-corrected chi connectivity index (χ3v) is 6.28. The van der Waals surface area contributed by atoms with Crippen molar-refractivity contribution >= 4 is 27.5 Å². The van der Waals surface area contributed by atoms with Crippen molar-refractivity contribution in [1.82, 2.24) is 10.2 Å². The molecule has 0 aliphatic rings. The Bertz CT molecular complexity index is 1050. The summed E-state index contributed by atoms with van der Waals surface area (Å²) < 4.78 is 26.2. The van der Waals surface area contributed by atoms with E-state index in [2.05, 4.69) is 5.32 Å². The second-order valence-electron chi connectivity index (χ2n) is 7.94. The summed E-state index contributed by atoms with van der Waals surface area (Å²) in [5.74, 6) is -0.686. The van der Waals surface area contributed by atoms with E-state index >= 15 is 0 Å². The predicted octanol–water partition coefficient (Wildman–Crippen LogP) is 3.01. The molecule has 174 valence electrons. The lowest BCUT2D eigenvalue weighted by atomic mass is 10.1. The number of nitrogens with zero attached hydrogens (tertiary/aromatic N) is 2. The molecule has 0 aliphatic heterocycles. The van der Waals surface area contributed by atoms with Crippen LogP contribution < -0.4 is 9.62 Å². The molecule has 2 amide bonds. The summed E-state index contributed by atoms with van der Waals surface area (Å²) in [6.07, 6.45) is 1.49. The van der Waals surface area contributed by atoms with Crippen molar-refractivity contribution in [1.29, 1.82) is 0 Å². The van der Waals surface area contributed by atoms with Crippen LogP contribution in [0.4, 0.5) is 5.69 Å². The lowest BCUT2D eigenvalue weighted by Crippen LogP contribution is -2.52. The number of hydrogen-bond donors (Lipinski definition) is 1. The molecular weight excluding hydrogens is 426 g/mol. The van der Waals surface area contributed by atoms with Crippen molar-refractivity contribution in [3.05, 3.63) is 65.2 Å². The van der Waals surface area contributed by atoms with Gasteiger partial charge in [-0.05, 0) is 50.5 Å². The molecule has 2 aromatic rings. The van der Waals surface area contributed by atoms with E-state index in [-0.39, 0.29) is 19.0 Å². The van der Waals surface area contributed by atoms with E-state index in [0.717, 1.165) is 27.3 Å². The number of sulfonamides is 1. The maximum Gasteiger partial charge on any atom is 0.244 e. The van der Waals surface area contributed by atoms with Gasteiger partial charge in [0.25, 0.3) is 0 Å². The van der Waals surface area contributed by atoms with E-state index in [1.54, 1.807) is 18.2 Å². The summed E-state index contributed by atoms with van der Waals surface area (Å²) in [6.45, 7) is 7.75. The van der Waals surface area contributed by atoms with Gasteiger partial charge in [0.2, 0.25) is 21.8 Å². The number of likely N-dealkylation sites (N-methyl/N-ethyl adjacent to an activating group) is 1. The highest BCUT2D eigenvalue weighted by Crippen LogP contribution is 2.21. The van der Waals surface area contributed by atoms with Gasteiger partial charge in [-0.3, -0.25) is 13.9 Å². The first-order valence-corrected chi connectivity index (χ1v) is 12.6. The molecule has 8 heteroatoms. The number of aryl methyl sites for hydroxylation is 2. The lowest BCUT2D eigenvalue weighted by molar-refractivity contribution is -0.140. The molecule has 1 atom stereocenters. The summed E-state index contributed by atoms with van der Waals surface area (Å²) in [7, 11) is -3.72. The quantitative estimate of drug-likeness (QED) is 0.592. The molecule has 0 bridgehead atoms. The predicted molar refractivity (Wildman–Crippen MR) is 128 cm³/mol. The van der Waals surface area contributed by atoms with Crippen molar-refractivity contribution in [3.63, 3.8) is 0 Å². The average Bonchev–Trinajstić information content (AvgIpc) is 2.71.